The number of ether oxygens (including phenoxy) is 1. The lowest BCUT2D eigenvalue weighted by atomic mass is 10.1. The molecule has 2 N–H and O–H groups in total. The fraction of sp³-hybridized carbons (Fsp3) is 0.357. The molecule has 5 heteroatoms. The summed E-state index contributed by atoms with van der Waals surface area (Å²) in [5.41, 5.74) is 3.64. The predicted octanol–water partition coefficient (Wildman–Crippen LogP) is 2.61. The van der Waals surface area contributed by atoms with Gasteiger partial charge in [0.2, 0.25) is 0 Å². The first-order valence-electron chi connectivity index (χ1n) is 6.38. The third kappa shape index (κ3) is 2.21. The third-order valence-electron chi connectivity index (χ3n) is 3.12. The zero-order valence-corrected chi connectivity index (χ0v) is 11.0. The molecule has 0 fully saturated rings. The van der Waals surface area contributed by atoms with Gasteiger partial charge in [-0.15, -0.1) is 0 Å². The highest BCUT2D eigenvalue weighted by Gasteiger charge is 2.22. The Labute approximate surface area is 111 Å². The van der Waals surface area contributed by atoms with Crippen LogP contribution in [0.5, 0.6) is 5.75 Å². The van der Waals surface area contributed by atoms with E-state index in [-0.39, 0.29) is 11.9 Å². The number of aromatic amines is 1. The van der Waals surface area contributed by atoms with Crippen LogP contribution in [0.4, 0.5) is 4.39 Å². The van der Waals surface area contributed by atoms with E-state index in [1.54, 1.807) is 6.07 Å². The minimum atomic E-state index is -0.284. The molecular weight excluding hydrogens is 245 g/mol. The molecule has 100 valence electrons. The summed E-state index contributed by atoms with van der Waals surface area (Å²) in [7, 11) is 0. The third-order valence-corrected chi connectivity index (χ3v) is 3.12. The number of nitrogens with one attached hydrogen (secondary N) is 2. The predicted molar refractivity (Wildman–Crippen MR) is 70.3 cm³/mol. The van der Waals surface area contributed by atoms with Crippen LogP contribution in [0.25, 0.3) is 11.3 Å². The van der Waals surface area contributed by atoms with Gasteiger partial charge in [0.15, 0.2) is 0 Å². The second-order valence-electron chi connectivity index (χ2n) is 4.94. The van der Waals surface area contributed by atoms with Crippen LogP contribution in [0.2, 0.25) is 0 Å². The van der Waals surface area contributed by atoms with Gasteiger partial charge in [0.25, 0.3) is 0 Å². The SMILES string of the molecule is CC(C)Oc1ccc(F)cc1-c1n[nH]c2c1CNC2. The van der Waals surface area contributed by atoms with Gasteiger partial charge in [0.05, 0.1) is 11.8 Å². The van der Waals surface area contributed by atoms with Crippen LogP contribution in [-0.2, 0) is 13.1 Å². The quantitative estimate of drug-likeness (QED) is 0.893. The zero-order chi connectivity index (χ0) is 13.4. The van der Waals surface area contributed by atoms with Crippen molar-refractivity contribution in [1.29, 1.82) is 0 Å². The van der Waals surface area contributed by atoms with Gasteiger partial charge in [-0.05, 0) is 32.0 Å². The van der Waals surface area contributed by atoms with E-state index in [1.165, 1.54) is 12.1 Å². The maximum atomic E-state index is 13.5. The Morgan fingerprint density at radius 2 is 2.16 bits per heavy atom. The highest BCUT2D eigenvalue weighted by Crippen LogP contribution is 2.34. The molecule has 3 rings (SSSR count). The van der Waals surface area contributed by atoms with Crippen molar-refractivity contribution in [3.8, 4) is 17.0 Å². The fourth-order valence-electron chi connectivity index (χ4n) is 2.32. The Kier molecular flexibility index (Phi) is 2.98. The summed E-state index contributed by atoms with van der Waals surface area (Å²) >= 11 is 0. The number of hydrogen-bond donors (Lipinski definition) is 2. The van der Waals surface area contributed by atoms with Gasteiger partial charge >= 0.3 is 0 Å². The van der Waals surface area contributed by atoms with Crippen LogP contribution < -0.4 is 10.1 Å². The number of nitrogens with zero attached hydrogens (tertiary/aromatic N) is 1. The molecule has 1 aromatic heterocycles. The molecule has 0 bridgehead atoms. The minimum Gasteiger partial charge on any atom is -0.490 e. The lowest BCUT2D eigenvalue weighted by Crippen LogP contribution is -2.07. The first kappa shape index (κ1) is 12.2. The average Bonchev–Trinajstić information content (AvgIpc) is 2.93. The number of aromatic nitrogens is 2. The lowest BCUT2D eigenvalue weighted by molar-refractivity contribution is 0.243. The maximum absolute atomic E-state index is 13.5. The Bertz CT molecular complexity index is 607. The van der Waals surface area contributed by atoms with Crippen molar-refractivity contribution in [2.24, 2.45) is 0 Å². The van der Waals surface area contributed by atoms with Crippen LogP contribution in [-0.4, -0.2) is 16.3 Å². The van der Waals surface area contributed by atoms with Crippen molar-refractivity contribution in [2.45, 2.75) is 33.0 Å². The van der Waals surface area contributed by atoms with Crippen molar-refractivity contribution in [1.82, 2.24) is 15.5 Å². The smallest absolute Gasteiger partial charge is 0.129 e. The number of hydrogen-bond acceptors (Lipinski definition) is 3. The average molecular weight is 261 g/mol. The lowest BCUT2D eigenvalue weighted by Gasteiger charge is -2.13. The van der Waals surface area contributed by atoms with Gasteiger partial charge in [-0.2, -0.15) is 5.10 Å². The molecule has 2 heterocycles. The monoisotopic (exact) mass is 261 g/mol. The normalized spacial score (nSPS) is 13.9. The first-order chi connectivity index (χ1) is 9.15. The number of halogens is 1. The molecule has 0 atom stereocenters. The molecule has 0 unspecified atom stereocenters. The van der Waals surface area contributed by atoms with E-state index in [9.17, 15) is 4.39 Å². The molecule has 0 saturated heterocycles. The molecule has 4 nitrogen and oxygen atoms in total. The summed E-state index contributed by atoms with van der Waals surface area (Å²) in [6, 6.07) is 4.55. The molecule has 0 aliphatic carbocycles. The summed E-state index contributed by atoms with van der Waals surface area (Å²) in [6.45, 7) is 5.42. The summed E-state index contributed by atoms with van der Waals surface area (Å²) in [6.07, 6.45) is 0.0364. The Balaban J connectivity index is 2.09. The Morgan fingerprint density at radius 1 is 1.32 bits per heavy atom. The van der Waals surface area contributed by atoms with Crippen LogP contribution in [0.3, 0.4) is 0 Å². The molecule has 0 spiro atoms. The molecule has 19 heavy (non-hydrogen) atoms. The second-order valence-corrected chi connectivity index (χ2v) is 4.94. The summed E-state index contributed by atoms with van der Waals surface area (Å²) in [5, 5.41) is 10.5. The minimum absolute atomic E-state index is 0.0364. The molecular formula is C14H16FN3O. The van der Waals surface area contributed by atoms with E-state index in [4.69, 9.17) is 4.74 Å². The highest BCUT2D eigenvalue weighted by molar-refractivity contribution is 5.71. The molecule has 2 aromatic rings. The molecule has 1 aromatic carbocycles. The van der Waals surface area contributed by atoms with Crippen molar-refractivity contribution in [3.63, 3.8) is 0 Å². The van der Waals surface area contributed by atoms with Gasteiger partial charge in [-0.3, -0.25) is 5.10 Å². The fourth-order valence-corrected chi connectivity index (χ4v) is 2.32. The Morgan fingerprint density at radius 3 is 2.95 bits per heavy atom. The van der Waals surface area contributed by atoms with Crippen molar-refractivity contribution < 1.29 is 9.13 Å². The first-order valence-corrected chi connectivity index (χ1v) is 6.38. The van der Waals surface area contributed by atoms with Crippen molar-refractivity contribution in [3.05, 3.63) is 35.3 Å². The largest absolute Gasteiger partial charge is 0.490 e. The molecule has 0 saturated carbocycles. The van der Waals surface area contributed by atoms with Gasteiger partial charge in [-0.1, -0.05) is 0 Å². The summed E-state index contributed by atoms with van der Waals surface area (Å²) < 4.78 is 19.3. The van der Waals surface area contributed by atoms with E-state index in [2.05, 4.69) is 15.5 Å². The van der Waals surface area contributed by atoms with E-state index in [0.29, 0.717) is 11.3 Å². The van der Waals surface area contributed by atoms with E-state index < -0.39 is 0 Å². The van der Waals surface area contributed by atoms with Crippen LogP contribution >= 0.6 is 0 Å². The van der Waals surface area contributed by atoms with Crippen molar-refractivity contribution in [2.75, 3.05) is 0 Å². The van der Waals surface area contributed by atoms with E-state index >= 15 is 0 Å². The van der Waals surface area contributed by atoms with Gasteiger partial charge < -0.3 is 10.1 Å². The standard InChI is InChI=1S/C14H16FN3O/c1-8(2)19-13-4-3-9(15)5-10(13)14-11-6-16-7-12(11)17-18-14/h3-5,8,16H,6-7H2,1-2H3,(H,17,18). The second kappa shape index (κ2) is 4.66. The maximum Gasteiger partial charge on any atom is 0.129 e. The number of fused-ring (bicyclic) bond motifs is 1. The van der Waals surface area contributed by atoms with E-state index in [0.717, 1.165) is 30.0 Å². The van der Waals surface area contributed by atoms with Gasteiger partial charge in [-0.25, -0.2) is 4.39 Å². The van der Waals surface area contributed by atoms with Crippen molar-refractivity contribution >= 4 is 0 Å². The highest BCUT2D eigenvalue weighted by atomic mass is 19.1. The number of benzene rings is 1. The Hall–Kier alpha value is -1.88. The van der Waals surface area contributed by atoms with E-state index in [1.807, 2.05) is 13.8 Å². The van der Waals surface area contributed by atoms with Crippen LogP contribution in [0.1, 0.15) is 25.1 Å². The topological polar surface area (TPSA) is 49.9 Å². The molecule has 0 amide bonds. The molecule has 0 radical (unpaired) electrons. The van der Waals surface area contributed by atoms with Crippen LogP contribution in [0, 0.1) is 5.82 Å². The zero-order valence-electron chi connectivity index (χ0n) is 11.0. The molecule has 1 aliphatic rings. The number of H-pyrrole nitrogens is 1. The number of rotatable bonds is 3. The summed E-state index contributed by atoms with van der Waals surface area (Å²) in [5.74, 6) is 0.381. The molecule has 1 aliphatic heterocycles. The van der Waals surface area contributed by atoms with Gasteiger partial charge in [0, 0.05) is 24.2 Å². The summed E-state index contributed by atoms with van der Waals surface area (Å²) in [4.78, 5) is 0. The van der Waals surface area contributed by atoms with Crippen LogP contribution in [0.15, 0.2) is 18.2 Å². The van der Waals surface area contributed by atoms with Gasteiger partial charge in [0.1, 0.15) is 17.3 Å².